The van der Waals surface area contributed by atoms with Gasteiger partial charge in [0, 0.05) is 25.0 Å². The van der Waals surface area contributed by atoms with Crippen molar-refractivity contribution in [1.82, 2.24) is 9.55 Å². The molecule has 0 spiro atoms. The van der Waals surface area contributed by atoms with Crippen LogP contribution in [0.15, 0.2) is 36.9 Å². The zero-order chi connectivity index (χ0) is 13.7. The number of rotatable bonds is 6. The molecule has 0 aliphatic carbocycles. The van der Waals surface area contributed by atoms with E-state index >= 15 is 0 Å². The van der Waals surface area contributed by atoms with Crippen LogP contribution < -0.4 is 10.5 Å². The third-order valence-corrected chi connectivity index (χ3v) is 3.10. The first kappa shape index (κ1) is 13.6. The SMILES string of the molecule is Cc1cc([C@@H](C)N)ccc1OCCCn1ccnc1. The van der Waals surface area contributed by atoms with Crippen LogP contribution in [0.1, 0.15) is 30.5 Å². The Morgan fingerprint density at radius 2 is 2.26 bits per heavy atom. The second-order valence-electron chi connectivity index (χ2n) is 4.82. The van der Waals surface area contributed by atoms with Gasteiger partial charge in [0.1, 0.15) is 5.75 Å². The van der Waals surface area contributed by atoms with Crippen LogP contribution in [0.4, 0.5) is 0 Å². The molecule has 2 rings (SSSR count). The molecule has 0 saturated heterocycles. The molecule has 2 aromatic rings. The van der Waals surface area contributed by atoms with Crippen LogP contribution in [0, 0.1) is 6.92 Å². The van der Waals surface area contributed by atoms with Crippen LogP contribution in [0.2, 0.25) is 0 Å². The maximum Gasteiger partial charge on any atom is 0.122 e. The number of aromatic nitrogens is 2. The van der Waals surface area contributed by atoms with Crippen molar-refractivity contribution in [3.63, 3.8) is 0 Å². The Bertz CT molecular complexity index is 506. The van der Waals surface area contributed by atoms with E-state index in [1.165, 1.54) is 0 Å². The molecule has 0 amide bonds. The van der Waals surface area contributed by atoms with Gasteiger partial charge in [-0.1, -0.05) is 12.1 Å². The summed E-state index contributed by atoms with van der Waals surface area (Å²) in [6.45, 7) is 5.67. The van der Waals surface area contributed by atoms with E-state index in [1.807, 2.05) is 31.6 Å². The van der Waals surface area contributed by atoms with Gasteiger partial charge in [-0.05, 0) is 37.5 Å². The van der Waals surface area contributed by atoms with Gasteiger partial charge in [-0.3, -0.25) is 0 Å². The highest BCUT2D eigenvalue weighted by atomic mass is 16.5. The summed E-state index contributed by atoms with van der Waals surface area (Å²) in [5, 5.41) is 0. The number of aryl methyl sites for hydroxylation is 2. The highest BCUT2D eigenvalue weighted by molar-refractivity contribution is 5.37. The average Bonchev–Trinajstić information content (AvgIpc) is 2.89. The second kappa shape index (κ2) is 6.38. The summed E-state index contributed by atoms with van der Waals surface area (Å²) in [7, 11) is 0. The lowest BCUT2D eigenvalue weighted by atomic mass is 10.1. The Kier molecular flexibility index (Phi) is 4.58. The van der Waals surface area contributed by atoms with Crippen LogP contribution in [0.3, 0.4) is 0 Å². The Balaban J connectivity index is 1.82. The van der Waals surface area contributed by atoms with Gasteiger partial charge in [0.2, 0.25) is 0 Å². The van der Waals surface area contributed by atoms with E-state index in [0.717, 1.165) is 29.8 Å². The van der Waals surface area contributed by atoms with Crippen LogP contribution in [-0.4, -0.2) is 16.2 Å². The van der Waals surface area contributed by atoms with Crippen LogP contribution >= 0.6 is 0 Å². The van der Waals surface area contributed by atoms with Gasteiger partial charge in [0.25, 0.3) is 0 Å². The summed E-state index contributed by atoms with van der Waals surface area (Å²) in [6.07, 6.45) is 6.54. The summed E-state index contributed by atoms with van der Waals surface area (Å²) < 4.78 is 7.85. The van der Waals surface area contributed by atoms with Crippen molar-refractivity contribution in [2.45, 2.75) is 32.9 Å². The third kappa shape index (κ3) is 3.83. The molecule has 0 saturated carbocycles. The maximum absolute atomic E-state index is 5.86. The quantitative estimate of drug-likeness (QED) is 0.811. The first-order chi connectivity index (χ1) is 9.16. The van der Waals surface area contributed by atoms with Gasteiger partial charge in [-0.15, -0.1) is 0 Å². The van der Waals surface area contributed by atoms with Crippen molar-refractivity contribution in [2.24, 2.45) is 5.73 Å². The van der Waals surface area contributed by atoms with Gasteiger partial charge < -0.3 is 15.0 Å². The Labute approximate surface area is 114 Å². The fourth-order valence-electron chi connectivity index (χ4n) is 1.97. The summed E-state index contributed by atoms with van der Waals surface area (Å²) in [4.78, 5) is 4.01. The second-order valence-corrected chi connectivity index (χ2v) is 4.82. The lowest BCUT2D eigenvalue weighted by Crippen LogP contribution is -2.07. The molecule has 0 aliphatic heterocycles. The molecule has 4 nitrogen and oxygen atoms in total. The maximum atomic E-state index is 5.86. The van der Waals surface area contributed by atoms with E-state index in [-0.39, 0.29) is 6.04 Å². The fraction of sp³-hybridized carbons (Fsp3) is 0.400. The molecule has 0 radical (unpaired) electrons. The molecular weight excluding hydrogens is 238 g/mol. The Hall–Kier alpha value is -1.81. The highest BCUT2D eigenvalue weighted by Crippen LogP contribution is 2.21. The third-order valence-electron chi connectivity index (χ3n) is 3.10. The average molecular weight is 259 g/mol. The largest absolute Gasteiger partial charge is 0.493 e. The molecule has 19 heavy (non-hydrogen) atoms. The van der Waals surface area contributed by atoms with Crippen molar-refractivity contribution in [3.05, 3.63) is 48.0 Å². The highest BCUT2D eigenvalue weighted by Gasteiger charge is 2.04. The van der Waals surface area contributed by atoms with Crippen LogP contribution in [0.5, 0.6) is 5.75 Å². The first-order valence-electron chi connectivity index (χ1n) is 6.61. The Morgan fingerprint density at radius 1 is 1.42 bits per heavy atom. The smallest absolute Gasteiger partial charge is 0.122 e. The molecule has 1 aromatic heterocycles. The van der Waals surface area contributed by atoms with E-state index in [2.05, 4.69) is 22.5 Å². The zero-order valence-corrected chi connectivity index (χ0v) is 11.5. The van der Waals surface area contributed by atoms with E-state index in [4.69, 9.17) is 10.5 Å². The van der Waals surface area contributed by atoms with Gasteiger partial charge in [-0.25, -0.2) is 4.98 Å². The van der Waals surface area contributed by atoms with E-state index in [9.17, 15) is 0 Å². The van der Waals surface area contributed by atoms with Gasteiger partial charge >= 0.3 is 0 Å². The first-order valence-corrected chi connectivity index (χ1v) is 6.61. The number of ether oxygens (including phenoxy) is 1. The summed E-state index contributed by atoms with van der Waals surface area (Å²) >= 11 is 0. The Morgan fingerprint density at radius 3 is 2.89 bits per heavy atom. The normalized spacial score (nSPS) is 12.4. The van der Waals surface area contributed by atoms with Crippen molar-refractivity contribution in [3.8, 4) is 5.75 Å². The number of benzene rings is 1. The van der Waals surface area contributed by atoms with E-state index in [1.54, 1.807) is 6.20 Å². The summed E-state index contributed by atoms with van der Waals surface area (Å²) in [5.41, 5.74) is 8.14. The molecule has 0 unspecified atom stereocenters. The van der Waals surface area contributed by atoms with E-state index in [0.29, 0.717) is 6.61 Å². The molecule has 0 bridgehead atoms. The molecular formula is C15H21N3O. The molecule has 4 heteroatoms. The minimum Gasteiger partial charge on any atom is -0.493 e. The minimum absolute atomic E-state index is 0.0639. The molecule has 1 heterocycles. The molecule has 102 valence electrons. The predicted molar refractivity (Wildman–Crippen MR) is 76.1 cm³/mol. The van der Waals surface area contributed by atoms with Crippen molar-refractivity contribution in [1.29, 1.82) is 0 Å². The number of nitrogens with zero attached hydrogens (tertiary/aromatic N) is 2. The van der Waals surface area contributed by atoms with Gasteiger partial charge in [0.05, 0.1) is 12.9 Å². The fourth-order valence-corrected chi connectivity index (χ4v) is 1.97. The standard InChI is InChI=1S/C15H21N3O/c1-12-10-14(13(2)16)4-5-15(12)19-9-3-7-18-8-6-17-11-18/h4-6,8,10-11,13H,3,7,9,16H2,1-2H3/t13-/m1/s1. The monoisotopic (exact) mass is 259 g/mol. The molecule has 1 atom stereocenters. The minimum atomic E-state index is 0.0639. The molecule has 2 N–H and O–H groups in total. The molecule has 0 aliphatic rings. The van der Waals surface area contributed by atoms with E-state index < -0.39 is 0 Å². The topological polar surface area (TPSA) is 53.1 Å². The number of nitrogens with two attached hydrogens (primary N) is 1. The lowest BCUT2D eigenvalue weighted by molar-refractivity contribution is 0.300. The zero-order valence-electron chi connectivity index (χ0n) is 11.5. The van der Waals surface area contributed by atoms with Crippen molar-refractivity contribution < 1.29 is 4.74 Å². The molecule has 0 fully saturated rings. The van der Waals surface area contributed by atoms with Crippen molar-refractivity contribution in [2.75, 3.05) is 6.61 Å². The van der Waals surface area contributed by atoms with Gasteiger partial charge in [-0.2, -0.15) is 0 Å². The summed E-state index contributed by atoms with van der Waals surface area (Å²) in [6, 6.07) is 6.19. The summed E-state index contributed by atoms with van der Waals surface area (Å²) in [5.74, 6) is 0.940. The predicted octanol–water partition coefficient (Wildman–Crippen LogP) is 2.68. The van der Waals surface area contributed by atoms with Gasteiger partial charge in [0.15, 0.2) is 0 Å². The lowest BCUT2D eigenvalue weighted by Gasteiger charge is -2.12. The van der Waals surface area contributed by atoms with Crippen LogP contribution in [0.25, 0.3) is 0 Å². The number of hydrogen-bond donors (Lipinski definition) is 1. The van der Waals surface area contributed by atoms with Crippen LogP contribution in [-0.2, 0) is 6.54 Å². The number of hydrogen-bond acceptors (Lipinski definition) is 3. The van der Waals surface area contributed by atoms with Crippen molar-refractivity contribution >= 4 is 0 Å². The molecule has 1 aromatic carbocycles. The number of imidazole rings is 1.